The lowest BCUT2D eigenvalue weighted by Crippen LogP contribution is -2.46. The highest BCUT2D eigenvalue weighted by molar-refractivity contribution is 8.93. The third-order valence-electron chi connectivity index (χ3n) is 8.73. The van der Waals surface area contributed by atoms with Gasteiger partial charge in [0.25, 0.3) is 5.79 Å². The molecule has 0 fully saturated rings. The van der Waals surface area contributed by atoms with Crippen molar-refractivity contribution in [1.29, 1.82) is 0 Å². The summed E-state index contributed by atoms with van der Waals surface area (Å²) in [7, 11) is 0. The molecule has 0 aromatic heterocycles. The Bertz CT molecular complexity index is 664. The Morgan fingerprint density at radius 1 is 0.478 bits per heavy atom. The average Bonchev–Trinajstić information content (AvgIpc) is 3.04. The molecule has 0 saturated carbocycles. The summed E-state index contributed by atoms with van der Waals surface area (Å²) >= 11 is 0. The van der Waals surface area contributed by atoms with E-state index >= 15 is 0 Å². The van der Waals surface area contributed by atoms with Gasteiger partial charge in [-0.1, -0.05) is 148 Å². The summed E-state index contributed by atoms with van der Waals surface area (Å²) in [5.74, 6) is -1.99. The molecule has 0 aromatic rings. The zero-order chi connectivity index (χ0) is 33.1. The van der Waals surface area contributed by atoms with Gasteiger partial charge in [0.15, 0.2) is 0 Å². The van der Waals surface area contributed by atoms with Crippen molar-refractivity contribution in [3.8, 4) is 0 Å². The zero-order valence-electron chi connectivity index (χ0n) is 30.6. The smallest absolute Gasteiger partial charge is 0.309 e. The van der Waals surface area contributed by atoms with Crippen molar-refractivity contribution < 1.29 is 19.1 Å². The van der Waals surface area contributed by atoms with E-state index in [1.807, 2.05) is 6.92 Å². The van der Waals surface area contributed by atoms with Crippen molar-refractivity contribution in [2.75, 3.05) is 6.54 Å². The van der Waals surface area contributed by atoms with Gasteiger partial charge < -0.3 is 15.2 Å². The van der Waals surface area contributed by atoms with Gasteiger partial charge in [-0.3, -0.25) is 9.59 Å². The van der Waals surface area contributed by atoms with Crippen LogP contribution in [0.3, 0.4) is 0 Å². The molecule has 0 heterocycles. The lowest BCUT2D eigenvalue weighted by Gasteiger charge is -2.30. The molecule has 0 aliphatic carbocycles. The lowest BCUT2D eigenvalue weighted by molar-refractivity contribution is -0.226. The minimum atomic E-state index is -1.34. The van der Waals surface area contributed by atoms with E-state index in [4.69, 9.17) is 15.2 Å². The van der Waals surface area contributed by atoms with E-state index in [1.54, 1.807) is 0 Å². The van der Waals surface area contributed by atoms with Crippen molar-refractivity contribution in [3.05, 3.63) is 24.3 Å². The first-order valence-electron chi connectivity index (χ1n) is 19.5. The number of carbonyl (C=O) groups is 2. The SMILES string of the molecule is Br.CCCCCCCCC=CCCCCCCCC(=O)OC(CC)(CN)OC(=O)CCCCCCCC=CCCCCCCCC. The first-order chi connectivity index (χ1) is 22.0. The number of ether oxygens (including phenoxy) is 2. The Morgan fingerprint density at radius 2 is 0.761 bits per heavy atom. The lowest BCUT2D eigenvalue weighted by atomic mass is 10.1. The molecule has 0 rings (SSSR count). The number of rotatable bonds is 34. The molecule has 0 aliphatic rings. The van der Waals surface area contributed by atoms with Crippen molar-refractivity contribution >= 4 is 28.9 Å². The fraction of sp³-hybridized carbons (Fsp3) is 0.850. The van der Waals surface area contributed by atoms with Crippen LogP contribution in [0.1, 0.15) is 207 Å². The quantitative estimate of drug-likeness (QED) is 0.0311. The number of nitrogens with two attached hydrogens (primary N) is 1. The second kappa shape index (κ2) is 36.7. The zero-order valence-corrected chi connectivity index (χ0v) is 32.4. The minimum absolute atomic E-state index is 0. The topological polar surface area (TPSA) is 78.6 Å². The Hall–Kier alpha value is -1.14. The highest BCUT2D eigenvalue weighted by atomic mass is 79.9. The van der Waals surface area contributed by atoms with Crippen LogP contribution in [0.2, 0.25) is 0 Å². The molecule has 0 atom stereocenters. The molecule has 0 radical (unpaired) electrons. The molecule has 0 aliphatic heterocycles. The van der Waals surface area contributed by atoms with Crippen LogP contribution in [0.15, 0.2) is 24.3 Å². The van der Waals surface area contributed by atoms with Crippen LogP contribution in [0.4, 0.5) is 0 Å². The van der Waals surface area contributed by atoms with Crippen LogP contribution in [-0.2, 0) is 19.1 Å². The molecule has 5 nitrogen and oxygen atoms in total. The van der Waals surface area contributed by atoms with Crippen molar-refractivity contribution in [2.45, 2.75) is 213 Å². The van der Waals surface area contributed by atoms with E-state index in [0.717, 1.165) is 51.4 Å². The highest BCUT2D eigenvalue weighted by Crippen LogP contribution is 2.21. The Balaban J connectivity index is 0. The van der Waals surface area contributed by atoms with Gasteiger partial charge in [-0.2, -0.15) is 0 Å². The van der Waals surface area contributed by atoms with Gasteiger partial charge in [-0.15, -0.1) is 17.0 Å². The summed E-state index contributed by atoms with van der Waals surface area (Å²) in [6.45, 7) is 6.35. The van der Waals surface area contributed by atoms with Gasteiger partial charge in [0.05, 0.1) is 6.54 Å². The number of halogens is 1. The number of unbranched alkanes of at least 4 members (excludes halogenated alkanes) is 22. The van der Waals surface area contributed by atoms with E-state index in [0.29, 0.717) is 19.3 Å². The van der Waals surface area contributed by atoms with Crippen LogP contribution in [0.5, 0.6) is 0 Å². The standard InChI is InChI=1S/C40H75NO4.BrH/c1-4-7-9-11-13-15-17-19-21-23-25-27-29-31-33-35-38(42)44-40(6-3,37-41)45-39(43)36-34-32-30-28-26-24-22-20-18-16-14-12-10-8-5-2;/h19-22H,4-18,23-37,41H2,1-3H3;1H. The number of esters is 2. The largest absolute Gasteiger partial charge is 0.421 e. The summed E-state index contributed by atoms with van der Waals surface area (Å²) in [5, 5.41) is 0. The fourth-order valence-corrected chi connectivity index (χ4v) is 5.59. The van der Waals surface area contributed by atoms with Crippen LogP contribution in [0.25, 0.3) is 0 Å². The van der Waals surface area contributed by atoms with Gasteiger partial charge in [0, 0.05) is 19.3 Å². The van der Waals surface area contributed by atoms with Gasteiger partial charge in [0.1, 0.15) is 0 Å². The third-order valence-corrected chi connectivity index (χ3v) is 8.73. The second-order valence-electron chi connectivity index (χ2n) is 13.1. The maximum Gasteiger partial charge on any atom is 0.309 e. The molecule has 6 heteroatoms. The maximum atomic E-state index is 12.5. The number of hydrogen-bond donors (Lipinski definition) is 1. The number of allylic oxidation sites excluding steroid dienone is 4. The molecule has 46 heavy (non-hydrogen) atoms. The van der Waals surface area contributed by atoms with Crippen LogP contribution in [0, 0.1) is 0 Å². The molecule has 0 unspecified atom stereocenters. The van der Waals surface area contributed by atoms with E-state index in [2.05, 4.69) is 38.2 Å². The number of carbonyl (C=O) groups excluding carboxylic acids is 2. The molecule has 2 N–H and O–H groups in total. The predicted molar refractivity (Wildman–Crippen MR) is 203 cm³/mol. The van der Waals surface area contributed by atoms with Crippen molar-refractivity contribution in [1.82, 2.24) is 0 Å². The van der Waals surface area contributed by atoms with Gasteiger partial charge in [0.2, 0.25) is 0 Å². The molecular weight excluding hydrogens is 638 g/mol. The summed E-state index contributed by atoms with van der Waals surface area (Å²) < 4.78 is 11.3. The third kappa shape index (κ3) is 31.5. The Labute approximate surface area is 296 Å². The summed E-state index contributed by atoms with van der Waals surface area (Å²) in [4.78, 5) is 25.0. The number of hydrogen-bond acceptors (Lipinski definition) is 5. The van der Waals surface area contributed by atoms with Gasteiger partial charge >= 0.3 is 11.9 Å². The normalized spacial score (nSPS) is 12.8. The molecular formula is C40H76BrNO4. The van der Waals surface area contributed by atoms with Crippen molar-refractivity contribution in [2.24, 2.45) is 5.73 Å². The summed E-state index contributed by atoms with van der Waals surface area (Å²) in [5.41, 5.74) is 5.92. The van der Waals surface area contributed by atoms with Crippen molar-refractivity contribution in [3.63, 3.8) is 0 Å². The summed E-state index contributed by atoms with van der Waals surface area (Å²) in [6, 6.07) is 0. The summed E-state index contributed by atoms with van der Waals surface area (Å²) in [6.07, 6.45) is 42.0. The van der Waals surface area contributed by atoms with E-state index < -0.39 is 5.79 Å². The first kappa shape index (κ1) is 47.0. The van der Waals surface area contributed by atoms with E-state index in [-0.39, 0.29) is 35.5 Å². The molecule has 0 aromatic carbocycles. The molecule has 0 bridgehead atoms. The van der Waals surface area contributed by atoms with E-state index in [1.165, 1.54) is 116 Å². The highest BCUT2D eigenvalue weighted by Gasteiger charge is 2.35. The average molecular weight is 715 g/mol. The van der Waals surface area contributed by atoms with Crippen LogP contribution >= 0.6 is 17.0 Å². The fourth-order valence-electron chi connectivity index (χ4n) is 5.59. The first-order valence-corrected chi connectivity index (χ1v) is 19.5. The molecule has 272 valence electrons. The van der Waals surface area contributed by atoms with Gasteiger partial charge in [-0.05, 0) is 64.2 Å². The Kier molecular flexibility index (Phi) is 37.5. The second-order valence-corrected chi connectivity index (χ2v) is 13.1. The Morgan fingerprint density at radius 3 is 1.04 bits per heavy atom. The predicted octanol–water partition coefficient (Wildman–Crippen LogP) is 12.8. The maximum absolute atomic E-state index is 12.5. The van der Waals surface area contributed by atoms with Gasteiger partial charge in [-0.25, -0.2) is 0 Å². The molecule has 0 saturated heterocycles. The van der Waals surface area contributed by atoms with E-state index in [9.17, 15) is 9.59 Å². The molecule has 0 spiro atoms. The molecule has 0 amide bonds. The monoisotopic (exact) mass is 713 g/mol. The minimum Gasteiger partial charge on any atom is -0.421 e. The van der Waals surface area contributed by atoms with Crippen LogP contribution < -0.4 is 5.73 Å². The van der Waals surface area contributed by atoms with Crippen LogP contribution in [-0.4, -0.2) is 24.3 Å².